The number of non-ortho nitro benzene ring substituents is 1. The van der Waals surface area contributed by atoms with Crippen molar-refractivity contribution in [3.05, 3.63) is 44.8 Å². The highest BCUT2D eigenvalue weighted by atomic mass is 32.1. The van der Waals surface area contributed by atoms with Crippen molar-refractivity contribution in [2.45, 2.75) is 18.9 Å². The first kappa shape index (κ1) is 12.3. The standard InChI is InChI=1S/C13H13N3O2S/c14-12(8-4-5-8)13-15-11(7-19-13)9-2-1-3-10(6-9)16(17)18/h1-3,6-8,12H,4-5,14H2. The molecule has 2 aromatic rings. The van der Waals surface area contributed by atoms with E-state index >= 15 is 0 Å². The van der Waals surface area contributed by atoms with Crippen LogP contribution in [0.25, 0.3) is 11.3 Å². The second-order valence-corrected chi connectivity index (χ2v) is 5.63. The van der Waals surface area contributed by atoms with E-state index in [9.17, 15) is 10.1 Å². The lowest BCUT2D eigenvalue weighted by atomic mass is 10.1. The third kappa shape index (κ3) is 2.50. The summed E-state index contributed by atoms with van der Waals surface area (Å²) in [4.78, 5) is 14.9. The van der Waals surface area contributed by atoms with Gasteiger partial charge < -0.3 is 5.73 Å². The van der Waals surface area contributed by atoms with E-state index in [0.717, 1.165) is 16.3 Å². The fraction of sp³-hybridized carbons (Fsp3) is 0.308. The number of nitrogens with zero attached hydrogens (tertiary/aromatic N) is 2. The summed E-state index contributed by atoms with van der Waals surface area (Å²) in [6.45, 7) is 0. The molecule has 1 atom stereocenters. The van der Waals surface area contributed by atoms with Gasteiger partial charge in [-0.15, -0.1) is 11.3 Å². The number of aromatic nitrogens is 1. The van der Waals surface area contributed by atoms with Gasteiger partial charge >= 0.3 is 0 Å². The van der Waals surface area contributed by atoms with Gasteiger partial charge in [-0.05, 0) is 18.8 Å². The number of nitro groups is 1. The van der Waals surface area contributed by atoms with E-state index in [1.165, 1.54) is 30.2 Å². The molecule has 0 bridgehead atoms. The van der Waals surface area contributed by atoms with E-state index in [1.807, 2.05) is 11.4 Å². The molecular formula is C13H13N3O2S. The van der Waals surface area contributed by atoms with Crippen molar-refractivity contribution in [3.63, 3.8) is 0 Å². The number of nitrogens with two attached hydrogens (primary N) is 1. The summed E-state index contributed by atoms with van der Waals surface area (Å²) in [7, 11) is 0. The van der Waals surface area contributed by atoms with Crippen LogP contribution in [0.5, 0.6) is 0 Å². The largest absolute Gasteiger partial charge is 0.322 e. The minimum absolute atomic E-state index is 0.0115. The molecular weight excluding hydrogens is 262 g/mol. The number of hydrogen-bond donors (Lipinski definition) is 1. The molecule has 1 aromatic carbocycles. The molecule has 0 saturated heterocycles. The number of benzene rings is 1. The van der Waals surface area contributed by atoms with Crippen molar-refractivity contribution in [3.8, 4) is 11.3 Å². The molecule has 6 heteroatoms. The Balaban J connectivity index is 1.89. The van der Waals surface area contributed by atoms with Gasteiger partial charge in [-0.3, -0.25) is 10.1 Å². The Hall–Kier alpha value is -1.79. The smallest absolute Gasteiger partial charge is 0.270 e. The molecule has 3 rings (SSSR count). The quantitative estimate of drug-likeness (QED) is 0.686. The van der Waals surface area contributed by atoms with Gasteiger partial charge in [-0.1, -0.05) is 12.1 Å². The molecule has 2 N–H and O–H groups in total. The van der Waals surface area contributed by atoms with Crippen molar-refractivity contribution < 1.29 is 4.92 Å². The monoisotopic (exact) mass is 275 g/mol. The highest BCUT2D eigenvalue weighted by molar-refractivity contribution is 7.10. The van der Waals surface area contributed by atoms with Gasteiger partial charge in [0, 0.05) is 23.1 Å². The van der Waals surface area contributed by atoms with Crippen LogP contribution in [-0.2, 0) is 0 Å². The molecule has 1 heterocycles. The lowest BCUT2D eigenvalue weighted by molar-refractivity contribution is -0.384. The van der Waals surface area contributed by atoms with Gasteiger partial charge in [0.1, 0.15) is 5.01 Å². The Morgan fingerprint density at radius 2 is 2.26 bits per heavy atom. The molecule has 1 aliphatic rings. The molecule has 98 valence electrons. The van der Waals surface area contributed by atoms with Crippen LogP contribution in [0.15, 0.2) is 29.6 Å². The predicted octanol–water partition coefficient (Wildman–Crippen LogP) is 3.13. The SMILES string of the molecule is NC(c1nc(-c2cccc([N+](=O)[O-])c2)cs1)C1CC1. The second kappa shape index (κ2) is 4.71. The van der Waals surface area contributed by atoms with Crippen LogP contribution < -0.4 is 5.73 Å². The van der Waals surface area contributed by atoms with E-state index < -0.39 is 4.92 Å². The fourth-order valence-electron chi connectivity index (χ4n) is 2.01. The molecule has 1 saturated carbocycles. The van der Waals surface area contributed by atoms with E-state index in [4.69, 9.17) is 5.73 Å². The molecule has 1 aromatic heterocycles. The number of rotatable bonds is 4. The van der Waals surface area contributed by atoms with Crippen molar-refractivity contribution in [1.82, 2.24) is 4.98 Å². The third-order valence-corrected chi connectivity index (χ3v) is 4.24. The van der Waals surface area contributed by atoms with Crippen LogP contribution in [0.1, 0.15) is 23.9 Å². The Bertz CT molecular complexity index is 622. The normalized spacial score (nSPS) is 16.3. The van der Waals surface area contributed by atoms with Gasteiger partial charge in [0.05, 0.1) is 16.7 Å². The van der Waals surface area contributed by atoms with Crippen LogP contribution in [-0.4, -0.2) is 9.91 Å². The molecule has 1 aliphatic carbocycles. The Morgan fingerprint density at radius 3 is 2.95 bits per heavy atom. The van der Waals surface area contributed by atoms with E-state index in [-0.39, 0.29) is 11.7 Å². The minimum atomic E-state index is -0.396. The van der Waals surface area contributed by atoms with Crippen molar-refractivity contribution in [2.24, 2.45) is 11.7 Å². The summed E-state index contributed by atoms with van der Waals surface area (Å²) in [6, 6.07) is 6.54. The number of nitro benzene ring substituents is 1. The molecule has 1 unspecified atom stereocenters. The minimum Gasteiger partial charge on any atom is -0.322 e. The zero-order valence-electron chi connectivity index (χ0n) is 10.2. The van der Waals surface area contributed by atoms with E-state index in [2.05, 4.69) is 4.98 Å². The fourth-order valence-corrected chi connectivity index (χ4v) is 2.93. The number of thiazole rings is 1. The predicted molar refractivity (Wildman–Crippen MR) is 73.9 cm³/mol. The van der Waals surface area contributed by atoms with Crippen molar-refractivity contribution in [2.75, 3.05) is 0 Å². The molecule has 0 aliphatic heterocycles. The lowest BCUT2D eigenvalue weighted by Gasteiger charge is -2.04. The first-order chi connectivity index (χ1) is 9.15. The summed E-state index contributed by atoms with van der Waals surface area (Å²) in [5, 5.41) is 13.6. The van der Waals surface area contributed by atoms with Crippen LogP contribution in [0.3, 0.4) is 0 Å². The Kier molecular flexibility index (Phi) is 3.04. The highest BCUT2D eigenvalue weighted by Gasteiger charge is 2.31. The number of hydrogen-bond acceptors (Lipinski definition) is 5. The maximum Gasteiger partial charge on any atom is 0.270 e. The first-order valence-corrected chi connectivity index (χ1v) is 6.99. The van der Waals surface area contributed by atoms with Crippen molar-refractivity contribution in [1.29, 1.82) is 0 Å². The summed E-state index contributed by atoms with van der Waals surface area (Å²) < 4.78 is 0. The van der Waals surface area contributed by atoms with Gasteiger partial charge in [-0.2, -0.15) is 0 Å². The van der Waals surface area contributed by atoms with Crippen molar-refractivity contribution >= 4 is 17.0 Å². The van der Waals surface area contributed by atoms with E-state index in [1.54, 1.807) is 12.1 Å². The van der Waals surface area contributed by atoms with E-state index in [0.29, 0.717) is 5.92 Å². The van der Waals surface area contributed by atoms with Gasteiger partial charge in [-0.25, -0.2) is 4.98 Å². The lowest BCUT2D eigenvalue weighted by Crippen LogP contribution is -2.11. The van der Waals surface area contributed by atoms with Gasteiger partial charge in [0.15, 0.2) is 0 Å². The molecule has 0 spiro atoms. The summed E-state index contributed by atoms with van der Waals surface area (Å²) in [6.07, 6.45) is 2.35. The molecule has 5 nitrogen and oxygen atoms in total. The first-order valence-electron chi connectivity index (χ1n) is 6.11. The maximum absolute atomic E-state index is 10.8. The highest BCUT2D eigenvalue weighted by Crippen LogP contribution is 2.41. The summed E-state index contributed by atoms with van der Waals surface area (Å²) >= 11 is 1.53. The van der Waals surface area contributed by atoms with Gasteiger partial charge in [0.2, 0.25) is 0 Å². The third-order valence-electron chi connectivity index (χ3n) is 3.29. The topological polar surface area (TPSA) is 82.0 Å². The summed E-state index contributed by atoms with van der Waals surface area (Å²) in [5.74, 6) is 0.559. The molecule has 19 heavy (non-hydrogen) atoms. The average molecular weight is 275 g/mol. The average Bonchev–Trinajstić information content (AvgIpc) is 3.15. The molecule has 1 fully saturated rings. The molecule has 0 amide bonds. The molecule has 0 radical (unpaired) electrons. The van der Waals surface area contributed by atoms with Crippen LogP contribution in [0.2, 0.25) is 0 Å². The maximum atomic E-state index is 10.8. The summed E-state index contributed by atoms with van der Waals surface area (Å²) in [5.41, 5.74) is 7.72. The van der Waals surface area contributed by atoms with Crippen LogP contribution in [0, 0.1) is 16.0 Å². The zero-order chi connectivity index (χ0) is 13.4. The Morgan fingerprint density at radius 1 is 1.47 bits per heavy atom. The second-order valence-electron chi connectivity index (χ2n) is 4.74. The zero-order valence-corrected chi connectivity index (χ0v) is 11.0. The van der Waals surface area contributed by atoms with Crippen LogP contribution >= 0.6 is 11.3 Å². The Labute approximate surface area is 114 Å². The van der Waals surface area contributed by atoms with Crippen LogP contribution in [0.4, 0.5) is 5.69 Å². The van der Waals surface area contributed by atoms with Gasteiger partial charge in [0.25, 0.3) is 5.69 Å².